The molecule has 0 radical (unpaired) electrons. The smallest absolute Gasteiger partial charge is 0.413 e. The summed E-state index contributed by atoms with van der Waals surface area (Å²) >= 11 is 9.99. The predicted molar refractivity (Wildman–Crippen MR) is 68.8 cm³/mol. The van der Waals surface area contributed by atoms with Gasteiger partial charge in [0, 0.05) is 0 Å². The fourth-order valence-electron chi connectivity index (χ4n) is 0.738. The number of alkyl carbamates (subject to hydrolysis) is 1. The summed E-state index contributed by atoms with van der Waals surface area (Å²) in [5.41, 5.74) is 0. The zero-order valence-electron chi connectivity index (χ0n) is 9.31. The summed E-state index contributed by atoms with van der Waals surface area (Å²) < 4.78 is 14.9. The van der Waals surface area contributed by atoms with Crippen LogP contribution in [0.1, 0.15) is 13.8 Å². The van der Waals surface area contributed by atoms with E-state index in [0.717, 1.165) is 0 Å². The third-order valence-corrected chi connectivity index (χ3v) is 4.19. The van der Waals surface area contributed by atoms with Crippen LogP contribution in [0.5, 0.6) is 0 Å². The molecule has 0 rings (SSSR count). The van der Waals surface area contributed by atoms with Gasteiger partial charge in [-0.05, 0) is 37.9 Å². The van der Waals surface area contributed by atoms with Crippen molar-refractivity contribution in [3.8, 4) is 0 Å². The van der Waals surface area contributed by atoms with Crippen molar-refractivity contribution in [1.29, 1.82) is 0 Å². The largest absolute Gasteiger partial charge is 0.453 e. The molecule has 0 heterocycles. The molecule has 0 saturated carbocycles. The van der Waals surface area contributed by atoms with E-state index < -0.39 is 12.7 Å². The minimum Gasteiger partial charge on any atom is -0.453 e. The number of carbonyl (C=O) groups is 1. The number of thiocarbonyl (C=S) groups is 1. The SMILES string of the molecule is CCOP(=S)(NC(=S)NC(=O)OC)OCC. The van der Waals surface area contributed by atoms with E-state index in [0.29, 0.717) is 13.2 Å². The fraction of sp³-hybridized carbons (Fsp3) is 0.714. The van der Waals surface area contributed by atoms with Crippen LogP contribution in [-0.4, -0.2) is 31.5 Å². The highest BCUT2D eigenvalue weighted by atomic mass is 32.5. The zero-order valence-corrected chi connectivity index (χ0v) is 11.8. The van der Waals surface area contributed by atoms with Gasteiger partial charge < -0.3 is 13.8 Å². The lowest BCUT2D eigenvalue weighted by molar-refractivity contribution is 0.177. The number of hydrogen-bond acceptors (Lipinski definition) is 6. The molecule has 0 aliphatic heterocycles. The van der Waals surface area contributed by atoms with Gasteiger partial charge in [0.2, 0.25) is 0 Å². The molecule has 0 aromatic rings. The molecular weight excluding hydrogens is 271 g/mol. The van der Waals surface area contributed by atoms with Crippen molar-refractivity contribution in [2.75, 3.05) is 20.3 Å². The molecular formula is C7H15N2O4PS2. The number of ether oxygens (including phenoxy) is 1. The molecule has 94 valence electrons. The third-order valence-electron chi connectivity index (χ3n) is 1.24. The molecule has 2 N–H and O–H groups in total. The highest BCUT2D eigenvalue weighted by Gasteiger charge is 2.20. The summed E-state index contributed by atoms with van der Waals surface area (Å²) in [5.74, 6) is 0. The van der Waals surface area contributed by atoms with Crippen LogP contribution in [0.3, 0.4) is 0 Å². The lowest BCUT2D eigenvalue weighted by Crippen LogP contribution is -2.38. The zero-order chi connectivity index (χ0) is 12.6. The van der Waals surface area contributed by atoms with E-state index in [1.807, 2.05) is 0 Å². The molecule has 16 heavy (non-hydrogen) atoms. The van der Waals surface area contributed by atoms with E-state index in [1.54, 1.807) is 13.8 Å². The number of methoxy groups -OCH3 is 1. The van der Waals surface area contributed by atoms with Crippen LogP contribution >= 0.6 is 18.9 Å². The van der Waals surface area contributed by atoms with Gasteiger partial charge in [-0.3, -0.25) is 10.4 Å². The van der Waals surface area contributed by atoms with Crippen molar-refractivity contribution in [2.24, 2.45) is 0 Å². The average Bonchev–Trinajstić information content (AvgIpc) is 2.17. The number of amides is 1. The third kappa shape index (κ3) is 6.34. The first-order chi connectivity index (χ1) is 7.47. The summed E-state index contributed by atoms with van der Waals surface area (Å²) in [6.45, 7) is 1.70. The van der Waals surface area contributed by atoms with Crippen molar-refractivity contribution in [2.45, 2.75) is 13.8 Å². The van der Waals surface area contributed by atoms with Crippen molar-refractivity contribution < 1.29 is 18.6 Å². The fourth-order valence-corrected chi connectivity index (χ4v) is 3.45. The standard InChI is InChI=1S/C7H15N2O4PS2/c1-4-12-14(16,13-5-2)9-6(15)8-7(10)11-3/h4-5H2,1-3H3,(H2,8,9,10,15,16). The van der Waals surface area contributed by atoms with Gasteiger partial charge in [-0.2, -0.15) is 0 Å². The van der Waals surface area contributed by atoms with Crippen LogP contribution in [0, 0.1) is 0 Å². The Kier molecular flexibility index (Phi) is 7.78. The second kappa shape index (κ2) is 7.92. The van der Waals surface area contributed by atoms with E-state index in [4.69, 9.17) is 33.1 Å². The topological polar surface area (TPSA) is 68.8 Å². The van der Waals surface area contributed by atoms with Crippen molar-refractivity contribution in [1.82, 2.24) is 10.4 Å². The van der Waals surface area contributed by atoms with Crippen LogP contribution in [-0.2, 0) is 25.6 Å². The average molecular weight is 286 g/mol. The summed E-state index contributed by atoms with van der Waals surface area (Å²) in [7, 11) is 1.24. The summed E-state index contributed by atoms with van der Waals surface area (Å²) in [6, 6.07) is 0. The molecule has 0 unspecified atom stereocenters. The van der Waals surface area contributed by atoms with Crippen molar-refractivity contribution in [3.05, 3.63) is 0 Å². The Labute approximate surface area is 105 Å². The van der Waals surface area contributed by atoms with Crippen LogP contribution in [0.25, 0.3) is 0 Å². The maximum absolute atomic E-state index is 10.9. The second-order valence-electron chi connectivity index (χ2n) is 2.39. The predicted octanol–water partition coefficient (Wildman–Crippen LogP) is 1.51. The van der Waals surface area contributed by atoms with Gasteiger partial charge >= 0.3 is 6.09 Å². The summed E-state index contributed by atoms with van der Waals surface area (Å²) in [4.78, 5) is 10.9. The van der Waals surface area contributed by atoms with E-state index in [1.165, 1.54) is 7.11 Å². The Morgan fingerprint density at radius 2 is 1.81 bits per heavy atom. The molecule has 1 amide bonds. The van der Waals surface area contributed by atoms with E-state index in [-0.39, 0.29) is 5.11 Å². The molecule has 0 saturated heterocycles. The molecule has 9 heteroatoms. The lowest BCUT2D eigenvalue weighted by Gasteiger charge is -2.22. The summed E-state index contributed by atoms with van der Waals surface area (Å²) in [6.07, 6.45) is -0.674. The molecule has 6 nitrogen and oxygen atoms in total. The quantitative estimate of drug-likeness (QED) is 0.586. The number of hydrogen-bond donors (Lipinski definition) is 2. The number of carbonyl (C=O) groups excluding carboxylic acids is 1. The molecule has 0 atom stereocenters. The maximum atomic E-state index is 10.9. The first-order valence-electron chi connectivity index (χ1n) is 4.53. The maximum Gasteiger partial charge on any atom is 0.413 e. The molecule has 0 fully saturated rings. The normalized spacial score (nSPS) is 10.7. The first kappa shape index (κ1) is 15.7. The minimum atomic E-state index is -2.67. The van der Waals surface area contributed by atoms with Gasteiger partial charge in [-0.25, -0.2) is 4.79 Å². The van der Waals surface area contributed by atoms with Crippen molar-refractivity contribution >= 4 is 41.9 Å². The minimum absolute atomic E-state index is 0.0251. The highest BCUT2D eigenvalue weighted by Crippen LogP contribution is 2.43. The second-order valence-corrected chi connectivity index (χ2v) is 5.98. The van der Waals surface area contributed by atoms with Gasteiger partial charge in [0.1, 0.15) is 0 Å². The molecule has 0 bridgehead atoms. The van der Waals surface area contributed by atoms with E-state index in [2.05, 4.69) is 15.1 Å². The van der Waals surface area contributed by atoms with Crippen molar-refractivity contribution in [3.63, 3.8) is 0 Å². The summed E-state index contributed by atoms with van der Waals surface area (Å²) in [5, 5.41) is 4.95. The van der Waals surface area contributed by atoms with Gasteiger partial charge in [0.25, 0.3) is 6.64 Å². The Hall–Kier alpha value is -0.270. The molecule has 0 aliphatic carbocycles. The van der Waals surface area contributed by atoms with Crippen LogP contribution in [0.4, 0.5) is 4.79 Å². The van der Waals surface area contributed by atoms with E-state index in [9.17, 15) is 4.79 Å². The molecule has 0 aromatic heterocycles. The van der Waals surface area contributed by atoms with Gasteiger partial charge in [0.15, 0.2) is 5.11 Å². The van der Waals surface area contributed by atoms with Crippen LogP contribution in [0.15, 0.2) is 0 Å². The Morgan fingerprint density at radius 3 is 2.19 bits per heavy atom. The Balaban J connectivity index is 4.34. The molecule has 0 aromatic carbocycles. The number of rotatable bonds is 5. The molecule has 0 aliphatic rings. The van der Waals surface area contributed by atoms with Crippen LogP contribution < -0.4 is 10.4 Å². The lowest BCUT2D eigenvalue weighted by atomic mass is 10.9. The highest BCUT2D eigenvalue weighted by molar-refractivity contribution is 8.09. The van der Waals surface area contributed by atoms with E-state index >= 15 is 0 Å². The van der Waals surface area contributed by atoms with Crippen LogP contribution in [0.2, 0.25) is 0 Å². The number of nitrogens with one attached hydrogen (secondary N) is 2. The first-order valence-corrected chi connectivity index (χ1v) is 7.58. The molecule has 0 spiro atoms. The van der Waals surface area contributed by atoms with Gasteiger partial charge in [0.05, 0.1) is 20.3 Å². The Bertz CT molecular complexity index is 290. The van der Waals surface area contributed by atoms with Gasteiger partial charge in [-0.1, -0.05) is 0 Å². The monoisotopic (exact) mass is 286 g/mol. The Morgan fingerprint density at radius 1 is 1.31 bits per heavy atom. The van der Waals surface area contributed by atoms with Gasteiger partial charge in [-0.15, -0.1) is 0 Å².